The molecule has 152 valence electrons. The van der Waals surface area contributed by atoms with Crippen molar-refractivity contribution in [3.05, 3.63) is 59.2 Å². The molecule has 29 heavy (non-hydrogen) atoms. The molecule has 7 heteroatoms. The molecule has 2 aliphatic heterocycles. The number of likely N-dealkylation sites (tertiary alicyclic amines) is 1. The third-order valence-electron chi connectivity index (χ3n) is 5.52. The summed E-state index contributed by atoms with van der Waals surface area (Å²) in [4.78, 5) is 26.3. The number of nitrogens with one attached hydrogen (secondary N) is 2. The fraction of sp³-hybridized carbons (Fsp3) is 0.364. The number of benzene rings is 2. The minimum Gasteiger partial charge on any atom is -0.326 e. The lowest BCUT2D eigenvalue weighted by molar-refractivity contribution is -0.121. The van der Waals surface area contributed by atoms with E-state index in [0.717, 1.165) is 30.5 Å². The first kappa shape index (κ1) is 19.5. The molecule has 2 aromatic carbocycles. The zero-order chi connectivity index (χ0) is 20.4. The van der Waals surface area contributed by atoms with Crippen LogP contribution < -0.4 is 10.6 Å². The van der Waals surface area contributed by atoms with E-state index in [1.54, 1.807) is 12.1 Å². The molecule has 1 unspecified atom stereocenters. The highest BCUT2D eigenvalue weighted by Gasteiger charge is 2.27. The number of rotatable bonds is 4. The minimum absolute atomic E-state index is 0.130. The second-order valence-electron chi connectivity index (χ2n) is 7.73. The smallest absolute Gasteiger partial charge is 0.228 e. The molecule has 2 aliphatic rings. The van der Waals surface area contributed by atoms with Crippen molar-refractivity contribution in [2.45, 2.75) is 32.2 Å². The number of hydrogen-bond acceptors (Lipinski definition) is 3. The monoisotopic (exact) mass is 399 g/mol. The van der Waals surface area contributed by atoms with Gasteiger partial charge in [0.05, 0.1) is 11.6 Å². The topological polar surface area (TPSA) is 61.4 Å². The molecule has 5 nitrogen and oxygen atoms in total. The Bertz CT molecular complexity index is 948. The van der Waals surface area contributed by atoms with Crippen molar-refractivity contribution < 1.29 is 18.4 Å². The van der Waals surface area contributed by atoms with Crippen molar-refractivity contribution in [2.24, 2.45) is 5.92 Å². The Hall–Kier alpha value is -2.80. The van der Waals surface area contributed by atoms with Gasteiger partial charge in [-0.05, 0) is 61.2 Å². The van der Waals surface area contributed by atoms with Crippen molar-refractivity contribution >= 4 is 23.2 Å². The van der Waals surface area contributed by atoms with E-state index in [2.05, 4.69) is 15.5 Å². The number of nitrogens with zero attached hydrogens (tertiary/aromatic N) is 1. The van der Waals surface area contributed by atoms with E-state index in [0.29, 0.717) is 31.6 Å². The summed E-state index contributed by atoms with van der Waals surface area (Å²) in [5, 5.41) is 5.37. The molecule has 2 N–H and O–H groups in total. The first-order chi connectivity index (χ1) is 14.0. The van der Waals surface area contributed by atoms with E-state index >= 15 is 0 Å². The van der Waals surface area contributed by atoms with Gasteiger partial charge in [0, 0.05) is 25.2 Å². The highest BCUT2D eigenvalue weighted by Crippen LogP contribution is 2.29. The van der Waals surface area contributed by atoms with Crippen LogP contribution in [-0.2, 0) is 22.6 Å². The van der Waals surface area contributed by atoms with Gasteiger partial charge in [-0.15, -0.1) is 0 Å². The molecule has 0 saturated carbocycles. The number of anilines is 2. The van der Waals surface area contributed by atoms with Gasteiger partial charge in [-0.2, -0.15) is 0 Å². The van der Waals surface area contributed by atoms with Crippen LogP contribution in [0.15, 0.2) is 36.4 Å². The quantitative estimate of drug-likeness (QED) is 0.824. The Labute approximate surface area is 168 Å². The molecule has 0 aromatic heterocycles. The summed E-state index contributed by atoms with van der Waals surface area (Å²) in [6, 6.07) is 9.34. The summed E-state index contributed by atoms with van der Waals surface area (Å²) in [5.74, 6) is -1.44. The Morgan fingerprint density at radius 1 is 1.21 bits per heavy atom. The van der Waals surface area contributed by atoms with Gasteiger partial charge >= 0.3 is 0 Å². The van der Waals surface area contributed by atoms with E-state index in [1.165, 1.54) is 18.2 Å². The van der Waals surface area contributed by atoms with Gasteiger partial charge in [0.2, 0.25) is 11.8 Å². The first-order valence-electron chi connectivity index (χ1n) is 9.88. The Morgan fingerprint density at radius 3 is 2.90 bits per heavy atom. The van der Waals surface area contributed by atoms with E-state index in [-0.39, 0.29) is 29.2 Å². The van der Waals surface area contributed by atoms with Crippen LogP contribution in [0.3, 0.4) is 0 Å². The average Bonchev–Trinajstić information content (AvgIpc) is 2.69. The van der Waals surface area contributed by atoms with Crippen molar-refractivity contribution in [1.82, 2.24) is 4.90 Å². The van der Waals surface area contributed by atoms with Gasteiger partial charge in [0.1, 0.15) is 11.6 Å². The molecule has 2 aromatic rings. The Kier molecular flexibility index (Phi) is 5.58. The second-order valence-corrected chi connectivity index (χ2v) is 7.73. The fourth-order valence-corrected chi connectivity index (χ4v) is 4.04. The average molecular weight is 399 g/mol. The molecule has 1 atom stereocenters. The molecule has 0 spiro atoms. The summed E-state index contributed by atoms with van der Waals surface area (Å²) >= 11 is 0. The number of amides is 2. The summed E-state index contributed by atoms with van der Waals surface area (Å²) in [6.07, 6.45) is 2.46. The third-order valence-corrected chi connectivity index (χ3v) is 5.52. The van der Waals surface area contributed by atoms with Gasteiger partial charge in [-0.3, -0.25) is 14.5 Å². The Balaban J connectivity index is 1.41. The summed E-state index contributed by atoms with van der Waals surface area (Å²) in [5.41, 5.74) is 2.30. The highest BCUT2D eigenvalue weighted by atomic mass is 19.1. The number of carbonyl (C=O) groups excluding carboxylic acids is 2. The van der Waals surface area contributed by atoms with Gasteiger partial charge in [0.15, 0.2) is 0 Å². The first-order valence-corrected chi connectivity index (χ1v) is 9.88. The molecule has 1 saturated heterocycles. The Morgan fingerprint density at radius 2 is 2.07 bits per heavy atom. The molecule has 0 radical (unpaired) electrons. The number of fused-ring (bicyclic) bond motifs is 1. The molecule has 0 bridgehead atoms. The van der Waals surface area contributed by atoms with Crippen LogP contribution in [0.5, 0.6) is 0 Å². The zero-order valence-electron chi connectivity index (χ0n) is 16.0. The number of piperidine rings is 1. The lowest BCUT2D eigenvalue weighted by Crippen LogP contribution is -2.40. The molecule has 1 fully saturated rings. The lowest BCUT2D eigenvalue weighted by Gasteiger charge is -2.32. The fourth-order valence-electron chi connectivity index (χ4n) is 4.04. The lowest BCUT2D eigenvalue weighted by atomic mass is 9.96. The maximum absolute atomic E-state index is 14.4. The van der Waals surface area contributed by atoms with Gasteiger partial charge in [-0.25, -0.2) is 8.78 Å². The molecule has 4 rings (SSSR count). The number of carbonyl (C=O) groups is 2. The summed E-state index contributed by atoms with van der Waals surface area (Å²) in [7, 11) is 0. The number of aryl methyl sites for hydroxylation is 1. The zero-order valence-corrected chi connectivity index (χ0v) is 16.0. The van der Waals surface area contributed by atoms with Gasteiger partial charge in [-0.1, -0.05) is 12.1 Å². The van der Waals surface area contributed by atoms with Crippen LogP contribution in [-0.4, -0.2) is 29.8 Å². The minimum atomic E-state index is -0.563. The van der Waals surface area contributed by atoms with Crippen LogP contribution in [0.4, 0.5) is 20.2 Å². The maximum atomic E-state index is 14.4. The summed E-state index contributed by atoms with van der Waals surface area (Å²) in [6.45, 7) is 1.96. The van der Waals surface area contributed by atoms with Crippen molar-refractivity contribution in [2.75, 3.05) is 23.7 Å². The predicted octanol–water partition coefficient (Wildman–Crippen LogP) is 3.70. The van der Waals surface area contributed by atoms with Crippen molar-refractivity contribution in [3.8, 4) is 0 Å². The molecule has 2 amide bonds. The molecular formula is C22H23F2N3O2. The van der Waals surface area contributed by atoms with Crippen LogP contribution in [0, 0.1) is 17.6 Å². The van der Waals surface area contributed by atoms with Crippen molar-refractivity contribution in [3.63, 3.8) is 0 Å². The van der Waals surface area contributed by atoms with E-state index in [9.17, 15) is 18.4 Å². The number of hydrogen-bond donors (Lipinski definition) is 2. The van der Waals surface area contributed by atoms with Crippen LogP contribution in [0.2, 0.25) is 0 Å². The molecule has 0 aliphatic carbocycles. The molecular weight excluding hydrogens is 376 g/mol. The van der Waals surface area contributed by atoms with Crippen LogP contribution in [0.25, 0.3) is 0 Å². The standard InChI is InChI=1S/C22H23F2N3O2/c23-17-5-1-3-14(9-17)12-27-8-2-4-16(13-27)22(29)26-20-10-15-6-7-21(28)25-19(15)11-18(20)24/h1,3,5,9-11,16H,2,4,6-8,12-13H2,(H,25,28)(H,26,29). The van der Waals surface area contributed by atoms with Crippen molar-refractivity contribution in [1.29, 1.82) is 0 Å². The van der Waals surface area contributed by atoms with Crippen LogP contribution >= 0.6 is 0 Å². The summed E-state index contributed by atoms with van der Waals surface area (Å²) < 4.78 is 27.8. The van der Waals surface area contributed by atoms with E-state index in [4.69, 9.17) is 0 Å². The predicted molar refractivity (Wildman–Crippen MR) is 106 cm³/mol. The SMILES string of the molecule is O=C1CCc2cc(NC(=O)C3CCCN(Cc4cccc(F)c4)C3)c(F)cc2N1. The third kappa shape index (κ3) is 4.62. The maximum Gasteiger partial charge on any atom is 0.228 e. The largest absolute Gasteiger partial charge is 0.326 e. The van der Waals surface area contributed by atoms with Gasteiger partial charge in [0.25, 0.3) is 0 Å². The van der Waals surface area contributed by atoms with Crippen LogP contribution in [0.1, 0.15) is 30.4 Å². The van der Waals surface area contributed by atoms with Gasteiger partial charge < -0.3 is 10.6 Å². The normalized spacial score (nSPS) is 19.4. The van der Waals surface area contributed by atoms with E-state index < -0.39 is 5.82 Å². The van der Waals surface area contributed by atoms with E-state index in [1.807, 2.05) is 6.07 Å². The second kappa shape index (κ2) is 8.29. The number of halogens is 2. The molecule has 2 heterocycles. The highest BCUT2D eigenvalue weighted by molar-refractivity contribution is 5.96.